The number of ether oxygens (including phenoxy) is 1. The Hall–Kier alpha value is -4.05. The Morgan fingerprint density at radius 2 is 2.00 bits per heavy atom. The first-order valence-electron chi connectivity index (χ1n) is 10.7. The molecule has 10 heteroatoms. The molecule has 0 fully saturated rings. The minimum atomic E-state index is -1.19. The Kier molecular flexibility index (Phi) is 6.98. The number of nitrogens with one attached hydrogen (secondary N) is 1. The highest BCUT2D eigenvalue weighted by molar-refractivity contribution is 6.01. The average molecular weight is 465 g/mol. The van der Waals surface area contributed by atoms with Crippen LogP contribution in [0.15, 0.2) is 65.1 Å². The summed E-state index contributed by atoms with van der Waals surface area (Å²) >= 11 is 0. The molecule has 0 aliphatic heterocycles. The lowest BCUT2D eigenvalue weighted by atomic mass is 10.1. The van der Waals surface area contributed by atoms with E-state index in [1.54, 1.807) is 37.3 Å². The fourth-order valence-electron chi connectivity index (χ4n) is 3.65. The molecule has 0 saturated heterocycles. The summed E-state index contributed by atoms with van der Waals surface area (Å²) in [5.74, 6) is -0.725. The largest absolute Gasteiger partial charge is 0.464 e. The second-order valence-electron chi connectivity index (χ2n) is 7.61. The summed E-state index contributed by atoms with van der Waals surface area (Å²) < 4.78 is 26.4. The molecular weight excluding hydrogens is 441 g/mol. The molecule has 0 bridgehead atoms. The molecule has 176 valence electrons. The van der Waals surface area contributed by atoms with Gasteiger partial charge in [0.2, 0.25) is 5.91 Å². The zero-order chi connectivity index (χ0) is 24.1. The molecular formula is C24H24FN5O4. The standard InChI is InChI=1S/C24H24FN5O4/c1-16-10-11-21(34-16)23(24(32)26-12-13-33-2)30(18-7-5-6-17(25)14-18)22(31)15-29-20-9-4-3-8-19(20)27-28-29/h3-11,14,23H,12-13,15H2,1-2H3,(H,26,32). The first-order chi connectivity index (χ1) is 16.5. The summed E-state index contributed by atoms with van der Waals surface area (Å²) in [4.78, 5) is 28.2. The third-order valence-electron chi connectivity index (χ3n) is 5.20. The van der Waals surface area contributed by atoms with Crippen molar-refractivity contribution in [3.05, 3.63) is 78.0 Å². The molecule has 4 aromatic rings. The van der Waals surface area contributed by atoms with Crippen LogP contribution in [0, 0.1) is 12.7 Å². The van der Waals surface area contributed by atoms with Gasteiger partial charge >= 0.3 is 0 Å². The van der Waals surface area contributed by atoms with E-state index in [0.717, 1.165) is 0 Å². The number of hydrogen-bond donors (Lipinski definition) is 1. The molecule has 1 N–H and O–H groups in total. The van der Waals surface area contributed by atoms with E-state index in [9.17, 15) is 14.0 Å². The van der Waals surface area contributed by atoms with Crippen LogP contribution < -0.4 is 10.2 Å². The molecule has 2 heterocycles. The van der Waals surface area contributed by atoms with Gasteiger partial charge in [0.05, 0.1) is 12.1 Å². The molecule has 0 spiro atoms. The molecule has 2 aromatic carbocycles. The number of carbonyl (C=O) groups excluding carboxylic acids is 2. The van der Waals surface area contributed by atoms with Crippen LogP contribution >= 0.6 is 0 Å². The van der Waals surface area contributed by atoms with Crippen molar-refractivity contribution in [2.45, 2.75) is 19.5 Å². The number of furan rings is 1. The average Bonchev–Trinajstić information content (AvgIpc) is 3.43. The van der Waals surface area contributed by atoms with Crippen LogP contribution in [0.3, 0.4) is 0 Å². The summed E-state index contributed by atoms with van der Waals surface area (Å²) in [5, 5.41) is 10.9. The number of aryl methyl sites for hydroxylation is 1. The fourth-order valence-corrected chi connectivity index (χ4v) is 3.65. The van der Waals surface area contributed by atoms with Gasteiger partial charge in [-0.1, -0.05) is 23.4 Å². The van der Waals surface area contributed by atoms with Crippen LogP contribution in [-0.4, -0.2) is 47.1 Å². The molecule has 1 atom stereocenters. The third-order valence-corrected chi connectivity index (χ3v) is 5.20. The number of halogens is 1. The van der Waals surface area contributed by atoms with E-state index in [4.69, 9.17) is 9.15 Å². The van der Waals surface area contributed by atoms with Gasteiger partial charge in [-0.2, -0.15) is 0 Å². The topological polar surface area (TPSA) is 102 Å². The van der Waals surface area contributed by atoms with Crippen molar-refractivity contribution in [3.8, 4) is 0 Å². The highest BCUT2D eigenvalue weighted by Crippen LogP contribution is 2.30. The number of nitrogens with zero attached hydrogens (tertiary/aromatic N) is 4. The van der Waals surface area contributed by atoms with Crippen molar-refractivity contribution in [2.24, 2.45) is 0 Å². The van der Waals surface area contributed by atoms with Crippen molar-refractivity contribution in [1.82, 2.24) is 20.3 Å². The van der Waals surface area contributed by atoms with Crippen LogP contribution in [0.5, 0.6) is 0 Å². The summed E-state index contributed by atoms with van der Waals surface area (Å²) in [6, 6.07) is 14.8. The van der Waals surface area contributed by atoms with Gasteiger partial charge in [0.25, 0.3) is 5.91 Å². The van der Waals surface area contributed by atoms with Gasteiger partial charge in [0, 0.05) is 19.3 Å². The fraction of sp³-hybridized carbons (Fsp3) is 0.250. The summed E-state index contributed by atoms with van der Waals surface area (Å²) in [6.07, 6.45) is 0. The second kappa shape index (κ2) is 10.3. The number of anilines is 1. The van der Waals surface area contributed by atoms with Crippen molar-refractivity contribution >= 4 is 28.5 Å². The third kappa shape index (κ3) is 4.96. The van der Waals surface area contributed by atoms with Crippen LogP contribution in [0.4, 0.5) is 10.1 Å². The van der Waals surface area contributed by atoms with E-state index < -0.39 is 23.7 Å². The van der Waals surface area contributed by atoms with E-state index in [-0.39, 0.29) is 31.1 Å². The maximum Gasteiger partial charge on any atom is 0.251 e. The second-order valence-corrected chi connectivity index (χ2v) is 7.61. The lowest BCUT2D eigenvalue weighted by Crippen LogP contribution is -2.45. The molecule has 0 aliphatic rings. The Morgan fingerprint density at radius 1 is 1.18 bits per heavy atom. The van der Waals surface area contributed by atoms with Crippen molar-refractivity contribution in [3.63, 3.8) is 0 Å². The summed E-state index contributed by atoms with van der Waals surface area (Å²) in [6.45, 7) is 2.02. The van der Waals surface area contributed by atoms with Crippen molar-refractivity contribution in [2.75, 3.05) is 25.2 Å². The normalized spacial score (nSPS) is 12.0. The molecule has 0 aliphatic carbocycles. The SMILES string of the molecule is COCCNC(=O)C(c1ccc(C)o1)N(C(=O)Cn1nnc2ccccc21)c1cccc(F)c1. The predicted molar refractivity (Wildman–Crippen MR) is 122 cm³/mol. The number of fused-ring (bicyclic) bond motifs is 1. The van der Waals surface area contributed by atoms with Gasteiger partial charge in [-0.05, 0) is 49.4 Å². The van der Waals surface area contributed by atoms with Crippen molar-refractivity contribution < 1.29 is 23.1 Å². The molecule has 4 rings (SSSR count). The maximum absolute atomic E-state index is 14.2. The Labute approximate surface area is 195 Å². The van der Waals surface area contributed by atoms with Gasteiger partial charge in [-0.25, -0.2) is 9.07 Å². The Morgan fingerprint density at radius 3 is 2.74 bits per heavy atom. The van der Waals surface area contributed by atoms with E-state index in [1.165, 1.54) is 34.9 Å². The van der Waals surface area contributed by atoms with Gasteiger partial charge in [-0.15, -0.1) is 5.10 Å². The first-order valence-corrected chi connectivity index (χ1v) is 10.7. The van der Waals surface area contributed by atoms with Gasteiger partial charge in [0.15, 0.2) is 6.04 Å². The lowest BCUT2D eigenvalue weighted by Gasteiger charge is -2.30. The number of carbonyl (C=O) groups is 2. The van der Waals surface area contributed by atoms with Crippen molar-refractivity contribution in [1.29, 1.82) is 0 Å². The Bertz CT molecular complexity index is 1300. The number of hydrogen-bond acceptors (Lipinski definition) is 6. The van der Waals surface area contributed by atoms with E-state index in [0.29, 0.717) is 16.8 Å². The zero-order valence-electron chi connectivity index (χ0n) is 18.8. The number of rotatable bonds is 9. The minimum absolute atomic E-state index is 0.204. The lowest BCUT2D eigenvalue weighted by molar-refractivity contribution is -0.127. The summed E-state index contributed by atoms with van der Waals surface area (Å²) in [5.41, 5.74) is 1.49. The highest BCUT2D eigenvalue weighted by atomic mass is 19.1. The molecule has 2 amide bonds. The predicted octanol–water partition coefficient (Wildman–Crippen LogP) is 3.01. The van der Waals surface area contributed by atoms with E-state index >= 15 is 0 Å². The minimum Gasteiger partial charge on any atom is -0.464 e. The number of para-hydroxylation sites is 1. The van der Waals surface area contributed by atoms with E-state index in [2.05, 4.69) is 15.6 Å². The monoisotopic (exact) mass is 465 g/mol. The summed E-state index contributed by atoms with van der Waals surface area (Å²) in [7, 11) is 1.52. The van der Waals surface area contributed by atoms with Crippen LogP contribution in [-0.2, 0) is 20.9 Å². The molecule has 9 nitrogen and oxygen atoms in total. The van der Waals surface area contributed by atoms with Gasteiger partial charge in [0.1, 0.15) is 29.4 Å². The van der Waals surface area contributed by atoms with Crippen LogP contribution in [0.2, 0.25) is 0 Å². The zero-order valence-corrected chi connectivity index (χ0v) is 18.8. The molecule has 1 unspecified atom stereocenters. The van der Waals surface area contributed by atoms with Crippen LogP contribution in [0.1, 0.15) is 17.6 Å². The highest BCUT2D eigenvalue weighted by Gasteiger charge is 2.35. The van der Waals surface area contributed by atoms with E-state index in [1.807, 2.05) is 12.1 Å². The quantitative estimate of drug-likeness (QED) is 0.381. The smallest absolute Gasteiger partial charge is 0.251 e. The molecule has 0 saturated carbocycles. The van der Waals surface area contributed by atoms with Gasteiger partial charge < -0.3 is 14.5 Å². The molecule has 0 radical (unpaired) electrons. The maximum atomic E-state index is 14.2. The van der Waals surface area contributed by atoms with Gasteiger partial charge in [-0.3, -0.25) is 14.5 Å². The molecule has 34 heavy (non-hydrogen) atoms. The molecule has 2 aromatic heterocycles. The number of methoxy groups -OCH3 is 1. The number of amides is 2. The number of benzene rings is 2. The first kappa shape index (κ1) is 23.1. The van der Waals surface area contributed by atoms with Crippen LogP contribution in [0.25, 0.3) is 11.0 Å². The number of aromatic nitrogens is 3. The Balaban J connectivity index is 1.76.